The minimum absolute atomic E-state index is 0. The first-order valence-corrected chi connectivity index (χ1v) is 10.4. The van der Waals surface area contributed by atoms with E-state index < -0.39 is 0 Å². The summed E-state index contributed by atoms with van der Waals surface area (Å²) in [6.45, 7) is 6.60. The molecule has 0 bridgehead atoms. The third-order valence-electron chi connectivity index (χ3n) is 5.09. The van der Waals surface area contributed by atoms with Gasteiger partial charge in [0.1, 0.15) is 6.04 Å². The van der Waals surface area contributed by atoms with Gasteiger partial charge in [-0.1, -0.05) is 28.1 Å². The van der Waals surface area contributed by atoms with Gasteiger partial charge >= 0.3 is 6.03 Å². The Hall–Kier alpha value is -1.35. The summed E-state index contributed by atoms with van der Waals surface area (Å²) in [6, 6.07) is 7.30. The molecule has 2 saturated heterocycles. The van der Waals surface area contributed by atoms with E-state index in [4.69, 9.17) is 0 Å². The lowest BCUT2D eigenvalue weighted by atomic mass is 10.2. The smallest absolute Gasteiger partial charge is 0.318 e. The number of amides is 3. The van der Waals surface area contributed by atoms with Crippen molar-refractivity contribution in [1.82, 2.24) is 25.8 Å². The molecule has 3 rings (SSSR count). The first-order chi connectivity index (χ1) is 13.1. The van der Waals surface area contributed by atoms with E-state index >= 15 is 0 Å². The second-order valence-electron chi connectivity index (χ2n) is 7.02. The second kappa shape index (κ2) is 11.6. The zero-order valence-corrected chi connectivity index (χ0v) is 18.4. The van der Waals surface area contributed by atoms with Crippen LogP contribution in [0.3, 0.4) is 0 Å². The van der Waals surface area contributed by atoms with Gasteiger partial charge in [0, 0.05) is 56.8 Å². The molecule has 3 N–H and O–H groups in total. The predicted molar refractivity (Wildman–Crippen MR) is 116 cm³/mol. The molecule has 3 amide bonds. The van der Waals surface area contributed by atoms with Crippen LogP contribution in [0, 0.1) is 0 Å². The highest BCUT2D eigenvalue weighted by atomic mass is 79.9. The SMILES string of the molecule is Cl.O=C(NCCN1CCNCC1)[C@@H]1CCCN1C(=O)NCc1cccc(Br)c1. The van der Waals surface area contributed by atoms with E-state index in [0.29, 0.717) is 19.6 Å². The molecular weight excluding hydrogens is 446 g/mol. The van der Waals surface area contributed by atoms with Gasteiger partial charge in [-0.3, -0.25) is 9.69 Å². The van der Waals surface area contributed by atoms with Gasteiger partial charge in [-0.25, -0.2) is 4.79 Å². The van der Waals surface area contributed by atoms with Gasteiger partial charge in [-0.05, 0) is 30.5 Å². The molecule has 2 heterocycles. The molecule has 2 aliphatic heterocycles. The van der Waals surface area contributed by atoms with Crippen molar-refractivity contribution in [3.05, 3.63) is 34.3 Å². The monoisotopic (exact) mass is 473 g/mol. The van der Waals surface area contributed by atoms with Crippen molar-refractivity contribution in [2.75, 3.05) is 45.8 Å². The first kappa shape index (κ1) is 22.9. The summed E-state index contributed by atoms with van der Waals surface area (Å²) in [5.41, 5.74) is 1.02. The zero-order valence-electron chi connectivity index (χ0n) is 16.0. The fourth-order valence-electron chi connectivity index (χ4n) is 3.60. The number of benzene rings is 1. The quantitative estimate of drug-likeness (QED) is 0.585. The van der Waals surface area contributed by atoms with Crippen LogP contribution in [0.2, 0.25) is 0 Å². The van der Waals surface area contributed by atoms with Crippen molar-refractivity contribution < 1.29 is 9.59 Å². The normalized spacial score (nSPS) is 19.8. The number of carbonyl (C=O) groups excluding carboxylic acids is 2. The average Bonchev–Trinajstić information content (AvgIpc) is 3.17. The maximum Gasteiger partial charge on any atom is 0.318 e. The number of nitrogens with one attached hydrogen (secondary N) is 3. The highest BCUT2D eigenvalue weighted by Crippen LogP contribution is 2.18. The number of piperazine rings is 1. The third kappa shape index (κ3) is 6.62. The molecule has 2 fully saturated rings. The topological polar surface area (TPSA) is 76.7 Å². The Kier molecular flexibility index (Phi) is 9.50. The Labute approximate surface area is 181 Å². The molecule has 1 aromatic carbocycles. The van der Waals surface area contributed by atoms with Crippen LogP contribution in [0.15, 0.2) is 28.7 Å². The average molecular weight is 475 g/mol. The highest BCUT2D eigenvalue weighted by Gasteiger charge is 2.33. The molecule has 0 unspecified atom stereocenters. The van der Waals surface area contributed by atoms with Crippen LogP contribution in [0.25, 0.3) is 0 Å². The lowest BCUT2D eigenvalue weighted by Crippen LogP contribution is -2.51. The van der Waals surface area contributed by atoms with E-state index in [0.717, 1.165) is 55.6 Å². The van der Waals surface area contributed by atoms with Gasteiger partial charge in [0.15, 0.2) is 0 Å². The van der Waals surface area contributed by atoms with Crippen molar-refractivity contribution >= 4 is 40.3 Å². The molecule has 0 radical (unpaired) electrons. The maximum absolute atomic E-state index is 12.6. The number of hydrogen-bond acceptors (Lipinski definition) is 4. The van der Waals surface area contributed by atoms with E-state index in [-0.39, 0.29) is 30.4 Å². The van der Waals surface area contributed by atoms with Crippen LogP contribution in [0.4, 0.5) is 4.79 Å². The van der Waals surface area contributed by atoms with Gasteiger partial charge in [-0.2, -0.15) is 0 Å². The van der Waals surface area contributed by atoms with Crippen LogP contribution >= 0.6 is 28.3 Å². The Morgan fingerprint density at radius 3 is 2.71 bits per heavy atom. The molecule has 1 atom stereocenters. The minimum atomic E-state index is -0.365. The molecule has 7 nitrogen and oxygen atoms in total. The number of likely N-dealkylation sites (tertiary alicyclic amines) is 1. The maximum atomic E-state index is 12.6. The number of carbonyl (C=O) groups is 2. The molecule has 1 aromatic rings. The van der Waals surface area contributed by atoms with Crippen molar-refractivity contribution in [2.24, 2.45) is 0 Å². The summed E-state index contributed by atoms with van der Waals surface area (Å²) in [5, 5.41) is 9.26. The standard InChI is InChI=1S/C19H28BrN5O2.ClH/c20-16-4-1-3-15(13-16)14-23-19(27)25-9-2-5-17(25)18(26)22-8-12-24-10-6-21-7-11-24;/h1,3-4,13,17,21H,2,5-12,14H2,(H,22,26)(H,23,27);1H/t17-;/m0./s1. The van der Waals surface area contributed by atoms with E-state index in [1.807, 2.05) is 24.3 Å². The molecule has 0 spiro atoms. The number of hydrogen-bond donors (Lipinski definition) is 3. The Bertz CT molecular complexity index is 657. The molecule has 156 valence electrons. The van der Waals surface area contributed by atoms with Gasteiger partial charge in [0.05, 0.1) is 0 Å². The predicted octanol–water partition coefficient (Wildman–Crippen LogP) is 1.57. The molecule has 0 aromatic heterocycles. The fraction of sp³-hybridized carbons (Fsp3) is 0.579. The summed E-state index contributed by atoms with van der Waals surface area (Å²) >= 11 is 3.43. The molecular formula is C19H29BrClN5O2. The van der Waals surface area contributed by atoms with Gasteiger partial charge in [0.2, 0.25) is 5.91 Å². The first-order valence-electron chi connectivity index (χ1n) is 9.63. The summed E-state index contributed by atoms with van der Waals surface area (Å²) < 4.78 is 0.983. The molecule has 28 heavy (non-hydrogen) atoms. The van der Waals surface area contributed by atoms with Crippen molar-refractivity contribution in [3.63, 3.8) is 0 Å². The largest absolute Gasteiger partial charge is 0.353 e. The lowest BCUT2D eigenvalue weighted by molar-refractivity contribution is -0.124. The lowest BCUT2D eigenvalue weighted by Gasteiger charge is -2.28. The zero-order chi connectivity index (χ0) is 19.1. The summed E-state index contributed by atoms with van der Waals surface area (Å²) in [4.78, 5) is 29.1. The molecule has 0 aliphatic carbocycles. The van der Waals surface area contributed by atoms with Gasteiger partial charge < -0.3 is 20.9 Å². The van der Waals surface area contributed by atoms with E-state index in [1.54, 1.807) is 4.90 Å². The van der Waals surface area contributed by atoms with E-state index in [9.17, 15) is 9.59 Å². The van der Waals surface area contributed by atoms with Crippen molar-refractivity contribution in [2.45, 2.75) is 25.4 Å². The third-order valence-corrected chi connectivity index (χ3v) is 5.58. The van der Waals surface area contributed by atoms with Crippen LogP contribution in [-0.2, 0) is 11.3 Å². The van der Waals surface area contributed by atoms with Crippen LogP contribution < -0.4 is 16.0 Å². The number of halogens is 2. The second-order valence-corrected chi connectivity index (χ2v) is 7.94. The Morgan fingerprint density at radius 2 is 1.96 bits per heavy atom. The molecule has 2 aliphatic rings. The highest BCUT2D eigenvalue weighted by molar-refractivity contribution is 9.10. The Balaban J connectivity index is 0.00000280. The summed E-state index contributed by atoms with van der Waals surface area (Å²) in [6.07, 6.45) is 1.59. The van der Waals surface area contributed by atoms with Crippen LogP contribution in [-0.4, -0.2) is 73.6 Å². The van der Waals surface area contributed by atoms with E-state index in [2.05, 4.69) is 36.8 Å². The number of urea groups is 1. The van der Waals surface area contributed by atoms with Crippen LogP contribution in [0.5, 0.6) is 0 Å². The number of rotatable bonds is 6. The van der Waals surface area contributed by atoms with Gasteiger partial charge in [-0.15, -0.1) is 12.4 Å². The summed E-state index contributed by atoms with van der Waals surface area (Å²) in [5.74, 6) is -0.0414. The van der Waals surface area contributed by atoms with Crippen LogP contribution in [0.1, 0.15) is 18.4 Å². The fourth-order valence-corrected chi connectivity index (χ4v) is 4.04. The number of nitrogens with zero attached hydrogens (tertiary/aromatic N) is 2. The van der Waals surface area contributed by atoms with Crippen molar-refractivity contribution in [1.29, 1.82) is 0 Å². The molecule has 9 heteroatoms. The summed E-state index contributed by atoms with van der Waals surface area (Å²) in [7, 11) is 0. The Morgan fingerprint density at radius 1 is 1.18 bits per heavy atom. The molecule has 0 saturated carbocycles. The van der Waals surface area contributed by atoms with Gasteiger partial charge in [0.25, 0.3) is 0 Å². The minimum Gasteiger partial charge on any atom is -0.353 e. The van der Waals surface area contributed by atoms with E-state index in [1.165, 1.54) is 0 Å². The van der Waals surface area contributed by atoms with Crippen molar-refractivity contribution in [3.8, 4) is 0 Å².